The maximum absolute atomic E-state index is 12.6. The van der Waals surface area contributed by atoms with E-state index in [1.54, 1.807) is 0 Å². The van der Waals surface area contributed by atoms with Gasteiger partial charge in [0.2, 0.25) is 0 Å². The molecule has 0 N–H and O–H groups in total. The Hall–Kier alpha value is -0.610. The highest BCUT2D eigenvalue weighted by Crippen LogP contribution is 2.37. The van der Waals surface area contributed by atoms with Crippen LogP contribution in [0.3, 0.4) is 0 Å². The SMILES string of the molecule is CC1C(F)=C(F)C(F)C(F)C1F. The van der Waals surface area contributed by atoms with E-state index >= 15 is 0 Å². The van der Waals surface area contributed by atoms with Crippen LogP contribution in [0.1, 0.15) is 6.92 Å². The van der Waals surface area contributed by atoms with E-state index in [9.17, 15) is 22.0 Å². The van der Waals surface area contributed by atoms with Gasteiger partial charge in [0.15, 0.2) is 18.2 Å². The van der Waals surface area contributed by atoms with Gasteiger partial charge < -0.3 is 0 Å². The van der Waals surface area contributed by atoms with Crippen LogP contribution in [0.15, 0.2) is 11.7 Å². The highest BCUT2D eigenvalue weighted by atomic mass is 19.2. The fraction of sp³-hybridized carbons (Fsp3) is 0.714. The van der Waals surface area contributed by atoms with Gasteiger partial charge in [0.25, 0.3) is 0 Å². The quantitative estimate of drug-likeness (QED) is 0.510. The number of hydrogen-bond donors (Lipinski definition) is 0. The highest BCUT2D eigenvalue weighted by Gasteiger charge is 2.45. The van der Waals surface area contributed by atoms with Crippen molar-refractivity contribution in [1.82, 2.24) is 0 Å². The largest absolute Gasteiger partial charge is 0.243 e. The van der Waals surface area contributed by atoms with Crippen molar-refractivity contribution in [2.75, 3.05) is 0 Å². The van der Waals surface area contributed by atoms with Crippen LogP contribution >= 0.6 is 0 Å². The molecule has 1 aliphatic rings. The van der Waals surface area contributed by atoms with E-state index in [0.29, 0.717) is 0 Å². The third-order valence-electron chi connectivity index (χ3n) is 1.93. The molecule has 0 aromatic carbocycles. The summed E-state index contributed by atoms with van der Waals surface area (Å²) in [6.45, 7) is 0.970. The number of alkyl halides is 3. The molecule has 0 amide bonds. The third kappa shape index (κ3) is 1.21. The molecule has 12 heavy (non-hydrogen) atoms. The molecule has 4 unspecified atom stereocenters. The second-order valence-corrected chi connectivity index (χ2v) is 2.78. The second-order valence-electron chi connectivity index (χ2n) is 2.78. The molecule has 5 heteroatoms. The van der Waals surface area contributed by atoms with E-state index in [1.165, 1.54) is 0 Å². The molecule has 70 valence electrons. The average molecular weight is 186 g/mol. The van der Waals surface area contributed by atoms with Crippen LogP contribution < -0.4 is 0 Å². The zero-order chi connectivity index (χ0) is 9.46. The van der Waals surface area contributed by atoms with Crippen molar-refractivity contribution in [3.63, 3.8) is 0 Å². The zero-order valence-electron chi connectivity index (χ0n) is 6.20. The van der Waals surface area contributed by atoms with Crippen molar-refractivity contribution in [2.24, 2.45) is 5.92 Å². The van der Waals surface area contributed by atoms with Gasteiger partial charge in [-0.05, 0) is 0 Å². The molecule has 0 aliphatic heterocycles. The van der Waals surface area contributed by atoms with Crippen molar-refractivity contribution < 1.29 is 22.0 Å². The number of allylic oxidation sites excluding steroid dienone is 2. The Morgan fingerprint density at radius 3 is 1.92 bits per heavy atom. The second kappa shape index (κ2) is 3.03. The van der Waals surface area contributed by atoms with Crippen LogP contribution in [0, 0.1) is 5.92 Å². The topological polar surface area (TPSA) is 0 Å². The fourth-order valence-electron chi connectivity index (χ4n) is 1.07. The Balaban J connectivity index is 3.00. The molecule has 1 aliphatic carbocycles. The summed E-state index contributed by atoms with van der Waals surface area (Å²) >= 11 is 0. The van der Waals surface area contributed by atoms with Gasteiger partial charge in [-0.25, -0.2) is 22.0 Å². The molecule has 0 radical (unpaired) electrons. The number of hydrogen-bond acceptors (Lipinski definition) is 0. The van der Waals surface area contributed by atoms with Crippen LogP contribution in [0.2, 0.25) is 0 Å². The van der Waals surface area contributed by atoms with E-state index in [4.69, 9.17) is 0 Å². The lowest BCUT2D eigenvalue weighted by molar-refractivity contribution is 0.0388. The first kappa shape index (κ1) is 9.48. The van der Waals surface area contributed by atoms with Gasteiger partial charge in [0, 0.05) is 5.92 Å². The van der Waals surface area contributed by atoms with Gasteiger partial charge in [0.1, 0.15) is 12.0 Å². The summed E-state index contributed by atoms with van der Waals surface area (Å²) in [5, 5.41) is 0. The fourth-order valence-corrected chi connectivity index (χ4v) is 1.07. The standard InChI is InChI=1S/C7H7F5/c1-2-3(8)5(10)7(12)6(11)4(2)9/h2-3,5,7H,1H3. The third-order valence-corrected chi connectivity index (χ3v) is 1.93. The summed E-state index contributed by atoms with van der Waals surface area (Å²) < 4.78 is 62.3. The van der Waals surface area contributed by atoms with Crippen molar-refractivity contribution in [3.8, 4) is 0 Å². The van der Waals surface area contributed by atoms with E-state index in [-0.39, 0.29) is 0 Å². The lowest BCUT2D eigenvalue weighted by atomic mass is 9.91. The minimum absolute atomic E-state index is 0.970. The molecule has 0 saturated heterocycles. The molecule has 0 aromatic rings. The predicted molar refractivity (Wildman–Crippen MR) is 33.1 cm³/mol. The van der Waals surface area contributed by atoms with Crippen LogP contribution in [0.4, 0.5) is 22.0 Å². The maximum Gasteiger partial charge on any atom is 0.188 e. The lowest BCUT2D eigenvalue weighted by Gasteiger charge is -2.26. The van der Waals surface area contributed by atoms with Crippen LogP contribution in [-0.4, -0.2) is 18.5 Å². The minimum Gasteiger partial charge on any atom is -0.243 e. The van der Waals surface area contributed by atoms with E-state index in [1.807, 2.05) is 0 Å². The molecular formula is C7H7F5. The molecular weight excluding hydrogens is 179 g/mol. The Bertz CT molecular complexity index is 190. The van der Waals surface area contributed by atoms with Gasteiger partial charge in [-0.1, -0.05) is 6.92 Å². The molecule has 0 spiro atoms. The normalized spacial score (nSPS) is 43.5. The molecule has 0 fully saturated rings. The molecule has 0 nitrogen and oxygen atoms in total. The molecule has 0 bridgehead atoms. The van der Waals surface area contributed by atoms with Gasteiger partial charge in [0.05, 0.1) is 0 Å². The summed E-state index contributed by atoms with van der Waals surface area (Å²) in [6.07, 6.45) is -7.70. The predicted octanol–water partition coefficient (Wildman–Crippen LogP) is 2.80. The highest BCUT2D eigenvalue weighted by molar-refractivity contribution is 5.17. The van der Waals surface area contributed by atoms with Crippen LogP contribution in [0.25, 0.3) is 0 Å². The van der Waals surface area contributed by atoms with E-state index in [0.717, 1.165) is 6.92 Å². The van der Waals surface area contributed by atoms with Crippen LogP contribution in [-0.2, 0) is 0 Å². The summed E-state index contributed by atoms with van der Waals surface area (Å²) in [5.41, 5.74) is 0. The van der Waals surface area contributed by atoms with Crippen LogP contribution in [0.5, 0.6) is 0 Å². The van der Waals surface area contributed by atoms with Crippen molar-refractivity contribution in [3.05, 3.63) is 11.7 Å². The summed E-state index contributed by atoms with van der Waals surface area (Å²) in [4.78, 5) is 0. The molecule has 0 aromatic heterocycles. The molecule has 0 heterocycles. The monoisotopic (exact) mass is 186 g/mol. The smallest absolute Gasteiger partial charge is 0.188 e. The van der Waals surface area contributed by atoms with Gasteiger partial charge >= 0.3 is 0 Å². The average Bonchev–Trinajstić information content (AvgIpc) is 2.08. The van der Waals surface area contributed by atoms with Crippen molar-refractivity contribution in [2.45, 2.75) is 25.4 Å². The van der Waals surface area contributed by atoms with E-state index < -0.39 is 36.1 Å². The summed E-state index contributed by atoms with van der Waals surface area (Å²) in [5.74, 6) is -4.88. The van der Waals surface area contributed by atoms with Crippen molar-refractivity contribution in [1.29, 1.82) is 0 Å². The minimum atomic E-state index is -2.80. The van der Waals surface area contributed by atoms with Gasteiger partial charge in [-0.15, -0.1) is 0 Å². The molecule has 1 rings (SSSR count). The Morgan fingerprint density at radius 1 is 0.917 bits per heavy atom. The first-order valence-corrected chi connectivity index (χ1v) is 3.44. The first-order chi connectivity index (χ1) is 5.46. The Kier molecular flexibility index (Phi) is 2.39. The molecule has 4 atom stereocenters. The lowest BCUT2D eigenvalue weighted by Crippen LogP contribution is -2.38. The Labute approximate surface area is 66.1 Å². The number of halogens is 5. The van der Waals surface area contributed by atoms with Crippen molar-refractivity contribution >= 4 is 0 Å². The molecule has 0 saturated carbocycles. The Morgan fingerprint density at radius 2 is 1.42 bits per heavy atom. The maximum atomic E-state index is 12.6. The van der Waals surface area contributed by atoms with Gasteiger partial charge in [-0.3, -0.25) is 0 Å². The summed E-state index contributed by atoms with van der Waals surface area (Å²) in [6, 6.07) is 0. The zero-order valence-corrected chi connectivity index (χ0v) is 6.20. The number of rotatable bonds is 0. The van der Waals surface area contributed by atoms with Gasteiger partial charge in [-0.2, -0.15) is 0 Å². The summed E-state index contributed by atoms with van der Waals surface area (Å²) in [7, 11) is 0. The van der Waals surface area contributed by atoms with E-state index in [2.05, 4.69) is 0 Å². The first-order valence-electron chi connectivity index (χ1n) is 3.44.